The molecule has 0 saturated heterocycles. The van der Waals surface area contributed by atoms with Gasteiger partial charge in [0.05, 0.1) is 22.5 Å². The molecule has 50 valence electrons. The van der Waals surface area contributed by atoms with Crippen LogP contribution in [-0.4, -0.2) is 15.3 Å². The molecule has 0 aliphatic heterocycles. The van der Waals surface area contributed by atoms with Crippen LogP contribution in [0.25, 0.3) is 0 Å². The zero-order valence-corrected chi connectivity index (χ0v) is 6.51. The molecule has 0 bridgehead atoms. The first kappa shape index (κ1) is 6.77. The number of aromatic amines is 1. The van der Waals surface area contributed by atoms with Gasteiger partial charge in [0.2, 0.25) is 0 Å². The lowest BCUT2D eigenvalue weighted by molar-refractivity contribution is 0.193. The Bertz CT molecular complexity index is 197. The van der Waals surface area contributed by atoms with E-state index in [1.54, 1.807) is 13.1 Å². The normalized spacial score (nSPS) is 13.7. The van der Waals surface area contributed by atoms with E-state index in [-0.39, 0.29) is 0 Å². The smallest absolute Gasteiger partial charge is 0.0937 e. The number of nitrogens with one attached hydrogen (secondary N) is 1. The van der Waals surface area contributed by atoms with Crippen molar-refractivity contribution >= 4 is 15.9 Å². The highest BCUT2D eigenvalue weighted by Gasteiger charge is 2.05. The van der Waals surface area contributed by atoms with Crippen LogP contribution in [0.3, 0.4) is 0 Å². The van der Waals surface area contributed by atoms with Crippen molar-refractivity contribution in [3.63, 3.8) is 0 Å². The van der Waals surface area contributed by atoms with Crippen molar-refractivity contribution in [2.45, 2.75) is 13.0 Å². The summed E-state index contributed by atoms with van der Waals surface area (Å²) in [4.78, 5) is 0. The highest BCUT2D eigenvalue weighted by atomic mass is 79.9. The van der Waals surface area contributed by atoms with Crippen LogP contribution >= 0.6 is 15.9 Å². The van der Waals surface area contributed by atoms with E-state index >= 15 is 0 Å². The average Bonchev–Trinajstić information content (AvgIpc) is 2.13. The number of hydrogen-bond donors (Lipinski definition) is 2. The summed E-state index contributed by atoms with van der Waals surface area (Å²) in [5.41, 5.74) is 0.718. The lowest BCUT2D eigenvalue weighted by Gasteiger charge is -1.98. The number of hydrogen-bond acceptors (Lipinski definition) is 2. The molecule has 3 nitrogen and oxygen atoms in total. The third kappa shape index (κ3) is 1.31. The predicted octanol–water partition coefficient (Wildman–Crippen LogP) is 1.23. The van der Waals surface area contributed by atoms with Crippen LogP contribution in [0.15, 0.2) is 10.7 Å². The maximum Gasteiger partial charge on any atom is 0.0937 e. The number of aliphatic hydroxyl groups is 1. The molecule has 0 aliphatic carbocycles. The van der Waals surface area contributed by atoms with Gasteiger partial charge < -0.3 is 5.11 Å². The van der Waals surface area contributed by atoms with E-state index in [4.69, 9.17) is 5.11 Å². The Labute approximate surface area is 61.2 Å². The number of H-pyrrole nitrogens is 1. The quantitative estimate of drug-likeness (QED) is 0.701. The fraction of sp³-hybridized carbons (Fsp3) is 0.400. The van der Waals surface area contributed by atoms with Gasteiger partial charge in [-0.3, -0.25) is 5.10 Å². The van der Waals surface area contributed by atoms with Gasteiger partial charge in [-0.15, -0.1) is 0 Å². The molecule has 1 aromatic heterocycles. The molecule has 0 saturated carbocycles. The van der Waals surface area contributed by atoms with Crippen molar-refractivity contribution in [3.05, 3.63) is 16.4 Å². The van der Waals surface area contributed by atoms with Crippen LogP contribution in [0.2, 0.25) is 0 Å². The van der Waals surface area contributed by atoms with Gasteiger partial charge in [0, 0.05) is 0 Å². The third-order valence-electron chi connectivity index (χ3n) is 1.04. The second-order valence-corrected chi connectivity index (χ2v) is 2.66. The van der Waals surface area contributed by atoms with Crippen LogP contribution in [-0.2, 0) is 0 Å². The molecule has 9 heavy (non-hydrogen) atoms. The number of nitrogens with zero attached hydrogens (tertiary/aromatic N) is 1. The van der Waals surface area contributed by atoms with E-state index in [1.165, 1.54) is 0 Å². The van der Waals surface area contributed by atoms with Gasteiger partial charge in [-0.1, -0.05) is 0 Å². The summed E-state index contributed by atoms with van der Waals surface area (Å²) in [6.07, 6.45) is 1.13. The van der Waals surface area contributed by atoms with Crippen molar-refractivity contribution < 1.29 is 5.11 Å². The summed E-state index contributed by atoms with van der Waals surface area (Å²) >= 11 is 3.21. The SMILES string of the molecule is C[C@H](O)c1[nH]ncc1Br. The highest BCUT2D eigenvalue weighted by molar-refractivity contribution is 9.10. The van der Waals surface area contributed by atoms with E-state index < -0.39 is 6.10 Å². The lowest BCUT2D eigenvalue weighted by Crippen LogP contribution is -1.91. The molecule has 0 spiro atoms. The van der Waals surface area contributed by atoms with E-state index in [1.807, 2.05) is 0 Å². The Kier molecular flexibility index (Phi) is 1.87. The van der Waals surface area contributed by atoms with Crippen molar-refractivity contribution in [2.75, 3.05) is 0 Å². The minimum Gasteiger partial charge on any atom is -0.387 e. The first-order valence-corrected chi connectivity index (χ1v) is 3.38. The molecule has 1 heterocycles. The molecule has 0 aliphatic rings. The van der Waals surface area contributed by atoms with Gasteiger partial charge in [0.25, 0.3) is 0 Å². The maximum absolute atomic E-state index is 8.99. The number of rotatable bonds is 1. The molecule has 0 radical (unpaired) electrons. The van der Waals surface area contributed by atoms with E-state index in [0.717, 1.165) is 10.2 Å². The van der Waals surface area contributed by atoms with Gasteiger partial charge in [0.1, 0.15) is 0 Å². The molecule has 1 aromatic rings. The summed E-state index contributed by atoms with van der Waals surface area (Å²) in [5, 5.41) is 15.4. The standard InChI is InChI=1S/C5H7BrN2O/c1-3(9)5-4(6)2-7-8-5/h2-3,9H,1H3,(H,7,8)/t3-/m0/s1. The van der Waals surface area contributed by atoms with Crippen molar-refractivity contribution in [3.8, 4) is 0 Å². The summed E-state index contributed by atoms with van der Waals surface area (Å²) in [7, 11) is 0. The summed E-state index contributed by atoms with van der Waals surface area (Å²) in [5.74, 6) is 0. The average molecular weight is 191 g/mol. The molecule has 1 atom stereocenters. The van der Waals surface area contributed by atoms with Crippen molar-refractivity contribution in [1.29, 1.82) is 0 Å². The molecule has 4 heteroatoms. The summed E-state index contributed by atoms with van der Waals surface area (Å²) in [6.45, 7) is 1.68. The monoisotopic (exact) mass is 190 g/mol. The first-order chi connectivity index (χ1) is 4.22. The molecule has 0 unspecified atom stereocenters. The van der Waals surface area contributed by atoms with Crippen LogP contribution in [0, 0.1) is 0 Å². The predicted molar refractivity (Wildman–Crippen MR) is 36.9 cm³/mol. The zero-order valence-electron chi connectivity index (χ0n) is 4.93. The van der Waals surface area contributed by atoms with Crippen molar-refractivity contribution in [2.24, 2.45) is 0 Å². The lowest BCUT2D eigenvalue weighted by atomic mass is 10.3. The Morgan fingerprint density at radius 1 is 1.89 bits per heavy atom. The molecular weight excluding hydrogens is 184 g/mol. The van der Waals surface area contributed by atoms with Gasteiger partial charge >= 0.3 is 0 Å². The first-order valence-electron chi connectivity index (χ1n) is 2.58. The fourth-order valence-corrected chi connectivity index (χ4v) is 1.10. The number of aliphatic hydroxyl groups excluding tert-OH is 1. The van der Waals surface area contributed by atoms with E-state index in [2.05, 4.69) is 26.1 Å². The molecular formula is C5H7BrN2O. The van der Waals surface area contributed by atoms with Crippen molar-refractivity contribution in [1.82, 2.24) is 10.2 Å². The minimum atomic E-state index is -0.484. The second-order valence-electron chi connectivity index (χ2n) is 1.81. The molecule has 0 fully saturated rings. The molecule has 1 rings (SSSR count). The fourth-order valence-electron chi connectivity index (χ4n) is 0.574. The Morgan fingerprint density at radius 3 is 2.78 bits per heavy atom. The van der Waals surface area contributed by atoms with Crippen LogP contribution in [0.1, 0.15) is 18.7 Å². The highest BCUT2D eigenvalue weighted by Crippen LogP contribution is 2.18. The van der Waals surface area contributed by atoms with E-state index in [9.17, 15) is 0 Å². The van der Waals surface area contributed by atoms with Crippen LogP contribution in [0.4, 0.5) is 0 Å². The molecule has 0 amide bonds. The Hall–Kier alpha value is -0.350. The molecule has 2 N–H and O–H groups in total. The maximum atomic E-state index is 8.99. The van der Waals surface area contributed by atoms with Gasteiger partial charge in [-0.05, 0) is 22.9 Å². The Morgan fingerprint density at radius 2 is 2.56 bits per heavy atom. The summed E-state index contributed by atoms with van der Waals surface area (Å²) in [6, 6.07) is 0. The number of halogens is 1. The number of aromatic nitrogens is 2. The van der Waals surface area contributed by atoms with Gasteiger partial charge in [0.15, 0.2) is 0 Å². The topological polar surface area (TPSA) is 48.9 Å². The third-order valence-corrected chi connectivity index (χ3v) is 1.67. The Balaban J connectivity index is 2.94. The summed E-state index contributed by atoms with van der Waals surface area (Å²) < 4.78 is 0.817. The minimum absolute atomic E-state index is 0.484. The van der Waals surface area contributed by atoms with Gasteiger partial charge in [-0.2, -0.15) is 5.10 Å². The molecule has 0 aromatic carbocycles. The van der Waals surface area contributed by atoms with Crippen LogP contribution < -0.4 is 0 Å². The largest absolute Gasteiger partial charge is 0.387 e. The van der Waals surface area contributed by atoms with Crippen LogP contribution in [0.5, 0.6) is 0 Å². The zero-order chi connectivity index (χ0) is 6.85. The van der Waals surface area contributed by atoms with E-state index in [0.29, 0.717) is 0 Å². The van der Waals surface area contributed by atoms with Gasteiger partial charge in [-0.25, -0.2) is 0 Å². The second kappa shape index (κ2) is 2.49.